The Morgan fingerprint density at radius 3 is 2.86 bits per heavy atom. The molecule has 0 aliphatic carbocycles. The zero-order valence-corrected chi connectivity index (χ0v) is 12.0. The van der Waals surface area contributed by atoms with Crippen LogP contribution in [0.4, 0.5) is 0 Å². The zero-order chi connectivity index (χ0) is 14.9. The summed E-state index contributed by atoms with van der Waals surface area (Å²) in [5.41, 5.74) is 2.09. The van der Waals surface area contributed by atoms with Gasteiger partial charge >= 0.3 is 0 Å². The molecule has 21 heavy (non-hydrogen) atoms. The highest BCUT2D eigenvalue weighted by molar-refractivity contribution is 5.91. The van der Waals surface area contributed by atoms with Crippen molar-refractivity contribution in [3.8, 4) is 5.75 Å². The molecule has 0 bridgehead atoms. The summed E-state index contributed by atoms with van der Waals surface area (Å²) in [7, 11) is 0. The van der Waals surface area contributed by atoms with Crippen molar-refractivity contribution in [2.24, 2.45) is 0 Å². The first-order chi connectivity index (χ1) is 10.2. The third kappa shape index (κ3) is 5.48. The molecule has 2 rings (SSSR count). The topological polar surface area (TPSA) is 51.2 Å². The molecule has 0 fully saturated rings. The Balaban J connectivity index is 1.69. The van der Waals surface area contributed by atoms with Crippen molar-refractivity contribution in [3.05, 3.63) is 66.0 Å². The Bertz CT molecular complexity index is 609. The number of hydrogen-bond acceptors (Lipinski definition) is 3. The summed E-state index contributed by atoms with van der Waals surface area (Å²) in [6.07, 6.45) is 6.63. The number of amides is 1. The van der Waals surface area contributed by atoms with Gasteiger partial charge in [-0.05, 0) is 48.4 Å². The fourth-order valence-electron chi connectivity index (χ4n) is 1.75. The van der Waals surface area contributed by atoms with Gasteiger partial charge in [0, 0.05) is 18.5 Å². The molecule has 0 unspecified atom stereocenters. The highest BCUT2D eigenvalue weighted by atomic mass is 16.5. The number of aryl methyl sites for hydroxylation is 1. The molecule has 1 N–H and O–H groups in total. The Labute approximate surface area is 124 Å². The van der Waals surface area contributed by atoms with Crippen LogP contribution in [-0.4, -0.2) is 24.0 Å². The van der Waals surface area contributed by atoms with Gasteiger partial charge in [-0.3, -0.25) is 9.78 Å². The summed E-state index contributed by atoms with van der Waals surface area (Å²) in [6.45, 7) is 2.92. The molecule has 1 heterocycles. The molecular formula is C17H18N2O2. The van der Waals surface area contributed by atoms with Crippen molar-refractivity contribution in [2.75, 3.05) is 13.2 Å². The van der Waals surface area contributed by atoms with Gasteiger partial charge in [-0.25, -0.2) is 0 Å². The number of rotatable bonds is 6. The molecule has 0 aliphatic rings. The standard InChI is InChI=1S/C17H18N2O2/c1-14-3-2-4-16(13-14)21-12-11-19-17(20)6-5-15-7-9-18-10-8-15/h2-10,13H,11-12H2,1H3,(H,19,20)/b6-5+. The van der Waals surface area contributed by atoms with Crippen molar-refractivity contribution in [2.45, 2.75) is 6.92 Å². The number of pyridine rings is 1. The largest absolute Gasteiger partial charge is 0.492 e. The van der Waals surface area contributed by atoms with Crippen LogP contribution in [0.5, 0.6) is 5.75 Å². The Morgan fingerprint density at radius 1 is 1.29 bits per heavy atom. The van der Waals surface area contributed by atoms with Crippen molar-refractivity contribution >= 4 is 12.0 Å². The van der Waals surface area contributed by atoms with Crippen LogP contribution in [0.2, 0.25) is 0 Å². The first kappa shape index (κ1) is 14.8. The van der Waals surface area contributed by atoms with Crippen molar-refractivity contribution in [1.29, 1.82) is 0 Å². The first-order valence-electron chi connectivity index (χ1n) is 6.79. The van der Waals surface area contributed by atoms with E-state index >= 15 is 0 Å². The van der Waals surface area contributed by atoms with E-state index in [1.165, 1.54) is 6.08 Å². The lowest BCUT2D eigenvalue weighted by atomic mass is 10.2. The summed E-state index contributed by atoms with van der Waals surface area (Å²) in [5.74, 6) is 0.677. The van der Waals surface area contributed by atoms with Gasteiger partial charge in [0.05, 0.1) is 6.54 Å². The minimum absolute atomic E-state index is 0.139. The third-order valence-corrected chi connectivity index (χ3v) is 2.79. The summed E-state index contributed by atoms with van der Waals surface area (Å²) in [4.78, 5) is 15.5. The third-order valence-electron chi connectivity index (χ3n) is 2.79. The molecule has 1 aromatic carbocycles. The highest BCUT2D eigenvalue weighted by Crippen LogP contribution is 2.11. The molecule has 0 saturated heterocycles. The smallest absolute Gasteiger partial charge is 0.244 e. The number of carbonyl (C=O) groups excluding carboxylic acids is 1. The first-order valence-corrected chi connectivity index (χ1v) is 6.79. The zero-order valence-electron chi connectivity index (χ0n) is 12.0. The van der Waals surface area contributed by atoms with Gasteiger partial charge in [-0.1, -0.05) is 12.1 Å². The van der Waals surface area contributed by atoms with E-state index < -0.39 is 0 Å². The SMILES string of the molecule is Cc1cccc(OCCNC(=O)/C=C/c2ccncc2)c1. The number of nitrogens with zero attached hydrogens (tertiary/aromatic N) is 1. The number of aromatic nitrogens is 1. The van der Waals surface area contributed by atoms with E-state index in [-0.39, 0.29) is 5.91 Å². The van der Waals surface area contributed by atoms with E-state index in [4.69, 9.17) is 4.74 Å². The average Bonchev–Trinajstić information content (AvgIpc) is 2.51. The molecule has 108 valence electrons. The lowest BCUT2D eigenvalue weighted by Gasteiger charge is -2.07. The highest BCUT2D eigenvalue weighted by Gasteiger charge is 1.97. The predicted molar refractivity (Wildman–Crippen MR) is 83.0 cm³/mol. The van der Waals surface area contributed by atoms with Crippen LogP contribution in [0, 0.1) is 6.92 Å². The van der Waals surface area contributed by atoms with Gasteiger partial charge < -0.3 is 10.1 Å². The molecular weight excluding hydrogens is 264 g/mol. The number of hydrogen-bond donors (Lipinski definition) is 1. The minimum Gasteiger partial charge on any atom is -0.492 e. The maximum absolute atomic E-state index is 11.6. The lowest BCUT2D eigenvalue weighted by Crippen LogP contribution is -2.26. The quantitative estimate of drug-likeness (QED) is 0.654. The van der Waals surface area contributed by atoms with E-state index in [1.54, 1.807) is 18.5 Å². The molecule has 0 radical (unpaired) electrons. The van der Waals surface area contributed by atoms with Crippen LogP contribution in [0.25, 0.3) is 6.08 Å². The van der Waals surface area contributed by atoms with Crippen LogP contribution in [-0.2, 0) is 4.79 Å². The van der Waals surface area contributed by atoms with Gasteiger partial charge in [-0.2, -0.15) is 0 Å². The maximum atomic E-state index is 11.6. The van der Waals surface area contributed by atoms with Gasteiger partial charge in [-0.15, -0.1) is 0 Å². The molecule has 1 aromatic heterocycles. The fourth-order valence-corrected chi connectivity index (χ4v) is 1.75. The van der Waals surface area contributed by atoms with E-state index in [1.807, 2.05) is 43.3 Å². The summed E-state index contributed by atoms with van der Waals surface area (Å²) >= 11 is 0. The van der Waals surface area contributed by atoms with Gasteiger partial charge in [0.2, 0.25) is 5.91 Å². The number of benzene rings is 1. The van der Waals surface area contributed by atoms with Crippen LogP contribution < -0.4 is 10.1 Å². The van der Waals surface area contributed by atoms with Crippen molar-refractivity contribution in [3.63, 3.8) is 0 Å². The molecule has 0 spiro atoms. The minimum atomic E-state index is -0.139. The Hall–Kier alpha value is -2.62. The second kappa shape index (κ2) is 7.85. The molecule has 4 nitrogen and oxygen atoms in total. The second-order valence-corrected chi connectivity index (χ2v) is 4.57. The fraction of sp³-hybridized carbons (Fsp3) is 0.176. The molecule has 0 aliphatic heterocycles. The number of carbonyl (C=O) groups is 1. The van der Waals surface area contributed by atoms with E-state index in [0.717, 1.165) is 16.9 Å². The molecule has 1 amide bonds. The van der Waals surface area contributed by atoms with E-state index in [0.29, 0.717) is 13.2 Å². The molecule has 0 atom stereocenters. The monoisotopic (exact) mass is 282 g/mol. The average molecular weight is 282 g/mol. The maximum Gasteiger partial charge on any atom is 0.244 e. The molecule has 2 aromatic rings. The summed E-state index contributed by atoms with van der Waals surface area (Å²) < 4.78 is 5.55. The Morgan fingerprint density at radius 2 is 2.10 bits per heavy atom. The summed E-state index contributed by atoms with van der Waals surface area (Å²) in [6, 6.07) is 11.5. The van der Waals surface area contributed by atoms with Gasteiger partial charge in [0.25, 0.3) is 0 Å². The molecule has 0 saturated carbocycles. The van der Waals surface area contributed by atoms with Gasteiger partial charge in [0.15, 0.2) is 0 Å². The van der Waals surface area contributed by atoms with Crippen LogP contribution in [0.1, 0.15) is 11.1 Å². The van der Waals surface area contributed by atoms with Crippen molar-refractivity contribution in [1.82, 2.24) is 10.3 Å². The van der Waals surface area contributed by atoms with Crippen LogP contribution in [0.15, 0.2) is 54.9 Å². The lowest BCUT2D eigenvalue weighted by molar-refractivity contribution is -0.116. The normalized spacial score (nSPS) is 10.5. The second-order valence-electron chi connectivity index (χ2n) is 4.57. The van der Waals surface area contributed by atoms with Crippen LogP contribution in [0.3, 0.4) is 0 Å². The molecule has 4 heteroatoms. The number of ether oxygens (including phenoxy) is 1. The number of nitrogens with one attached hydrogen (secondary N) is 1. The van der Waals surface area contributed by atoms with E-state index in [9.17, 15) is 4.79 Å². The van der Waals surface area contributed by atoms with Crippen LogP contribution >= 0.6 is 0 Å². The predicted octanol–water partition coefficient (Wildman–Crippen LogP) is 2.60. The van der Waals surface area contributed by atoms with E-state index in [2.05, 4.69) is 10.3 Å². The Kier molecular flexibility index (Phi) is 5.52. The van der Waals surface area contributed by atoms with Crippen molar-refractivity contribution < 1.29 is 9.53 Å². The van der Waals surface area contributed by atoms with Gasteiger partial charge in [0.1, 0.15) is 12.4 Å². The summed E-state index contributed by atoms with van der Waals surface area (Å²) in [5, 5.41) is 2.77.